The summed E-state index contributed by atoms with van der Waals surface area (Å²) in [7, 11) is 1.20. The van der Waals surface area contributed by atoms with E-state index in [1.807, 2.05) is 0 Å². The number of imide groups is 1. The summed E-state index contributed by atoms with van der Waals surface area (Å²) in [5.74, 6) is -3.01. The van der Waals surface area contributed by atoms with Gasteiger partial charge in [0.25, 0.3) is 11.8 Å². The molecule has 1 aromatic carbocycles. The largest absolute Gasteiger partial charge is 0.469 e. The molecule has 2 heterocycles. The molecule has 8 nitrogen and oxygen atoms in total. The smallest absolute Gasteiger partial charge is 0.367 e. The van der Waals surface area contributed by atoms with Crippen LogP contribution in [0, 0.1) is 6.92 Å². The molecule has 0 unspecified atom stereocenters. The lowest BCUT2D eigenvalue weighted by Crippen LogP contribution is -2.33. The molecule has 0 saturated heterocycles. The Labute approximate surface area is 141 Å². The van der Waals surface area contributed by atoms with Crippen LogP contribution in [0.1, 0.15) is 42.4 Å². The van der Waals surface area contributed by atoms with Crippen molar-refractivity contribution in [2.45, 2.75) is 13.3 Å². The molecule has 1 aliphatic heterocycles. The van der Waals surface area contributed by atoms with Crippen LogP contribution < -0.4 is 0 Å². The maximum absolute atomic E-state index is 12.4. The fourth-order valence-electron chi connectivity index (χ4n) is 2.48. The van der Waals surface area contributed by atoms with E-state index in [0.29, 0.717) is 10.6 Å². The molecule has 0 bridgehead atoms. The molecule has 25 heavy (non-hydrogen) atoms. The van der Waals surface area contributed by atoms with Crippen molar-refractivity contribution in [2.24, 2.45) is 0 Å². The third kappa shape index (κ3) is 2.78. The number of hydroxylamine groups is 2. The minimum Gasteiger partial charge on any atom is -0.469 e. The van der Waals surface area contributed by atoms with E-state index >= 15 is 0 Å². The van der Waals surface area contributed by atoms with Gasteiger partial charge in [0.05, 0.1) is 24.5 Å². The number of nitrogens with zero attached hydrogens (tertiary/aromatic N) is 1. The standard InChI is InChI=1S/C17H13NO7/c1-9-8-24-12(7-13(19)23-2)14(9)17(22)25-18-15(20)10-5-3-4-6-11(10)16(18)21/h3-6,8H,7H2,1-2H3. The van der Waals surface area contributed by atoms with E-state index in [2.05, 4.69) is 4.74 Å². The van der Waals surface area contributed by atoms with Gasteiger partial charge in [-0.25, -0.2) is 4.79 Å². The fraction of sp³-hybridized carbons (Fsp3) is 0.176. The van der Waals surface area contributed by atoms with Gasteiger partial charge < -0.3 is 14.0 Å². The van der Waals surface area contributed by atoms with Crippen LogP contribution in [0.25, 0.3) is 0 Å². The SMILES string of the molecule is COC(=O)Cc1occ(C)c1C(=O)ON1C(=O)c2ccccc2C1=O. The maximum atomic E-state index is 12.4. The molecule has 0 N–H and O–H groups in total. The maximum Gasteiger partial charge on any atom is 0.367 e. The van der Waals surface area contributed by atoms with Crippen molar-refractivity contribution >= 4 is 23.8 Å². The second-order valence-corrected chi connectivity index (χ2v) is 5.30. The number of hydrogen-bond donors (Lipinski definition) is 0. The van der Waals surface area contributed by atoms with Crippen LogP contribution in [-0.4, -0.2) is 35.9 Å². The zero-order chi connectivity index (χ0) is 18.1. The Morgan fingerprint density at radius 1 is 1.12 bits per heavy atom. The molecule has 8 heteroatoms. The molecular weight excluding hydrogens is 330 g/mol. The Balaban J connectivity index is 1.85. The number of fused-ring (bicyclic) bond motifs is 1. The van der Waals surface area contributed by atoms with Crippen molar-refractivity contribution in [3.63, 3.8) is 0 Å². The third-order valence-corrected chi connectivity index (χ3v) is 3.72. The molecule has 0 saturated carbocycles. The predicted octanol–water partition coefficient (Wildman–Crippen LogP) is 1.67. The van der Waals surface area contributed by atoms with Crippen molar-refractivity contribution in [3.05, 3.63) is 58.5 Å². The van der Waals surface area contributed by atoms with Crippen LogP contribution in [0.4, 0.5) is 0 Å². The summed E-state index contributed by atoms with van der Waals surface area (Å²) in [6.07, 6.45) is 0.994. The van der Waals surface area contributed by atoms with E-state index in [9.17, 15) is 19.2 Å². The Morgan fingerprint density at radius 3 is 2.28 bits per heavy atom. The van der Waals surface area contributed by atoms with E-state index in [-0.39, 0.29) is 28.9 Å². The van der Waals surface area contributed by atoms with E-state index in [1.54, 1.807) is 19.1 Å². The van der Waals surface area contributed by atoms with Gasteiger partial charge in [-0.1, -0.05) is 17.2 Å². The summed E-state index contributed by atoms with van der Waals surface area (Å²) in [5, 5.41) is 0.404. The Morgan fingerprint density at radius 2 is 1.72 bits per heavy atom. The molecule has 0 fully saturated rings. The summed E-state index contributed by atoms with van der Waals surface area (Å²) in [5.41, 5.74) is 0.681. The van der Waals surface area contributed by atoms with Crippen LogP contribution in [0.15, 0.2) is 34.9 Å². The highest BCUT2D eigenvalue weighted by molar-refractivity contribution is 6.21. The lowest BCUT2D eigenvalue weighted by atomic mass is 10.1. The number of aryl methyl sites for hydroxylation is 1. The van der Waals surface area contributed by atoms with Crippen molar-refractivity contribution in [1.82, 2.24) is 5.06 Å². The van der Waals surface area contributed by atoms with Crippen LogP contribution in [-0.2, 0) is 20.8 Å². The van der Waals surface area contributed by atoms with Crippen LogP contribution in [0.5, 0.6) is 0 Å². The Hall–Kier alpha value is -3.42. The van der Waals surface area contributed by atoms with Gasteiger partial charge in [0.15, 0.2) is 0 Å². The molecule has 3 rings (SSSR count). The van der Waals surface area contributed by atoms with E-state index in [0.717, 1.165) is 0 Å². The average molecular weight is 343 g/mol. The lowest BCUT2D eigenvalue weighted by molar-refractivity contribution is -0.140. The fourth-order valence-corrected chi connectivity index (χ4v) is 2.48. The van der Waals surface area contributed by atoms with Crippen LogP contribution in [0.2, 0.25) is 0 Å². The van der Waals surface area contributed by atoms with Gasteiger partial charge in [0.2, 0.25) is 0 Å². The number of rotatable bonds is 4. The summed E-state index contributed by atoms with van der Waals surface area (Å²) in [6.45, 7) is 1.57. The molecule has 128 valence electrons. The Bertz CT molecular complexity index is 861. The first-order valence-corrected chi connectivity index (χ1v) is 7.28. The molecule has 0 spiro atoms. The van der Waals surface area contributed by atoms with E-state index in [4.69, 9.17) is 9.25 Å². The highest BCUT2D eigenvalue weighted by Gasteiger charge is 2.39. The van der Waals surface area contributed by atoms with Gasteiger partial charge >= 0.3 is 11.9 Å². The molecule has 2 amide bonds. The summed E-state index contributed by atoms with van der Waals surface area (Å²) < 4.78 is 9.72. The number of furan rings is 1. The van der Waals surface area contributed by atoms with E-state index in [1.165, 1.54) is 25.5 Å². The van der Waals surface area contributed by atoms with E-state index < -0.39 is 23.8 Å². The first kappa shape index (κ1) is 16.4. The van der Waals surface area contributed by atoms with Crippen LogP contribution in [0.3, 0.4) is 0 Å². The highest BCUT2D eigenvalue weighted by Crippen LogP contribution is 2.25. The van der Waals surface area contributed by atoms with Crippen LogP contribution >= 0.6 is 0 Å². The number of hydrogen-bond acceptors (Lipinski definition) is 7. The zero-order valence-corrected chi connectivity index (χ0v) is 13.4. The minimum absolute atomic E-state index is 0.0260. The predicted molar refractivity (Wildman–Crippen MR) is 81.5 cm³/mol. The quantitative estimate of drug-likeness (QED) is 0.614. The first-order chi connectivity index (χ1) is 11.9. The normalized spacial score (nSPS) is 13.0. The van der Waals surface area contributed by atoms with Crippen molar-refractivity contribution in [1.29, 1.82) is 0 Å². The average Bonchev–Trinajstić information content (AvgIpc) is 3.08. The van der Waals surface area contributed by atoms with Crippen molar-refractivity contribution < 1.29 is 33.2 Å². The van der Waals surface area contributed by atoms with Gasteiger partial charge in [-0.15, -0.1) is 0 Å². The molecule has 1 aromatic heterocycles. The highest BCUT2D eigenvalue weighted by atomic mass is 16.7. The number of esters is 1. The molecule has 1 aliphatic rings. The van der Waals surface area contributed by atoms with Crippen molar-refractivity contribution in [3.8, 4) is 0 Å². The summed E-state index contributed by atoms with van der Waals surface area (Å²) in [4.78, 5) is 53.3. The third-order valence-electron chi connectivity index (χ3n) is 3.72. The second-order valence-electron chi connectivity index (χ2n) is 5.30. The molecule has 0 radical (unpaired) electrons. The van der Waals surface area contributed by atoms with Gasteiger partial charge in [-0.2, -0.15) is 0 Å². The molecule has 0 atom stereocenters. The molecule has 2 aromatic rings. The number of carbonyl (C=O) groups excluding carboxylic acids is 4. The first-order valence-electron chi connectivity index (χ1n) is 7.28. The monoisotopic (exact) mass is 343 g/mol. The van der Waals surface area contributed by atoms with Gasteiger partial charge in [-0.05, 0) is 19.1 Å². The van der Waals surface area contributed by atoms with Gasteiger partial charge in [0.1, 0.15) is 17.7 Å². The number of benzene rings is 1. The second kappa shape index (κ2) is 6.23. The topological polar surface area (TPSA) is 103 Å². The summed E-state index contributed by atoms with van der Waals surface area (Å²) in [6, 6.07) is 6.14. The number of amides is 2. The number of carbonyl (C=O) groups is 4. The van der Waals surface area contributed by atoms with Gasteiger partial charge in [-0.3, -0.25) is 14.4 Å². The molecule has 0 aliphatic carbocycles. The number of ether oxygens (including phenoxy) is 1. The zero-order valence-electron chi connectivity index (χ0n) is 13.4. The Kier molecular flexibility index (Phi) is 4.10. The minimum atomic E-state index is -0.973. The lowest BCUT2D eigenvalue weighted by Gasteiger charge is -2.13. The number of methoxy groups -OCH3 is 1. The van der Waals surface area contributed by atoms with Crippen molar-refractivity contribution in [2.75, 3.05) is 7.11 Å². The summed E-state index contributed by atoms with van der Waals surface area (Å²) >= 11 is 0. The molecular formula is C17H13NO7. The van der Waals surface area contributed by atoms with Gasteiger partial charge in [0, 0.05) is 5.56 Å².